The molecule has 7 nitrogen and oxygen atoms in total. The number of ether oxygens (including phenoxy) is 2. The van der Waals surface area contributed by atoms with Gasteiger partial charge in [-0.2, -0.15) is 0 Å². The van der Waals surface area contributed by atoms with Gasteiger partial charge < -0.3 is 14.8 Å². The monoisotopic (exact) mass is 302 g/mol. The van der Waals surface area contributed by atoms with E-state index < -0.39 is 10.0 Å². The highest BCUT2D eigenvalue weighted by molar-refractivity contribution is 7.89. The molecule has 20 heavy (non-hydrogen) atoms. The van der Waals surface area contributed by atoms with Crippen LogP contribution in [0, 0.1) is 6.92 Å². The van der Waals surface area contributed by atoms with Gasteiger partial charge in [-0.15, -0.1) is 0 Å². The molecule has 0 spiro atoms. The van der Waals surface area contributed by atoms with E-state index in [-0.39, 0.29) is 17.4 Å². The summed E-state index contributed by atoms with van der Waals surface area (Å²) in [4.78, 5) is 11.4. The zero-order valence-corrected chi connectivity index (χ0v) is 12.2. The van der Waals surface area contributed by atoms with Gasteiger partial charge in [0.15, 0.2) is 6.61 Å². The zero-order valence-electron chi connectivity index (χ0n) is 11.4. The second-order valence-corrected chi connectivity index (χ2v) is 5.67. The molecule has 1 aromatic rings. The number of methoxy groups -OCH3 is 1. The average Bonchev–Trinajstić information content (AvgIpc) is 2.36. The van der Waals surface area contributed by atoms with Crippen LogP contribution >= 0.6 is 0 Å². The number of sulfonamides is 1. The SMILES string of the molecule is COCCNC(=O)COc1ccc(S(N)(=O)=O)cc1C. The van der Waals surface area contributed by atoms with Crippen molar-refractivity contribution in [3.8, 4) is 5.75 Å². The number of nitrogens with one attached hydrogen (secondary N) is 1. The highest BCUT2D eigenvalue weighted by Crippen LogP contribution is 2.20. The second-order valence-electron chi connectivity index (χ2n) is 4.10. The molecule has 0 aliphatic carbocycles. The van der Waals surface area contributed by atoms with Gasteiger partial charge in [-0.1, -0.05) is 0 Å². The Morgan fingerprint density at radius 3 is 2.65 bits per heavy atom. The molecular formula is C12H18N2O5S. The molecule has 1 aromatic carbocycles. The topological polar surface area (TPSA) is 108 Å². The van der Waals surface area contributed by atoms with Gasteiger partial charge in [0, 0.05) is 13.7 Å². The fraction of sp³-hybridized carbons (Fsp3) is 0.417. The van der Waals surface area contributed by atoms with E-state index in [1.165, 1.54) is 18.2 Å². The molecule has 0 atom stereocenters. The lowest BCUT2D eigenvalue weighted by Crippen LogP contribution is -2.31. The third-order valence-corrected chi connectivity index (χ3v) is 3.37. The quantitative estimate of drug-likeness (QED) is 0.677. The van der Waals surface area contributed by atoms with Crippen LogP contribution in [0.15, 0.2) is 23.1 Å². The number of amides is 1. The van der Waals surface area contributed by atoms with Crippen molar-refractivity contribution in [3.05, 3.63) is 23.8 Å². The van der Waals surface area contributed by atoms with Crippen LogP contribution in [0.4, 0.5) is 0 Å². The minimum Gasteiger partial charge on any atom is -0.484 e. The van der Waals surface area contributed by atoms with Gasteiger partial charge in [-0.25, -0.2) is 13.6 Å². The van der Waals surface area contributed by atoms with Crippen LogP contribution in [0.5, 0.6) is 5.75 Å². The summed E-state index contributed by atoms with van der Waals surface area (Å²) in [6.07, 6.45) is 0. The Kier molecular flexibility index (Phi) is 5.93. The minimum absolute atomic E-state index is 0.00639. The lowest BCUT2D eigenvalue weighted by molar-refractivity contribution is -0.123. The number of carbonyl (C=O) groups excluding carboxylic acids is 1. The molecule has 0 fully saturated rings. The highest BCUT2D eigenvalue weighted by atomic mass is 32.2. The van der Waals surface area contributed by atoms with Gasteiger partial charge in [-0.3, -0.25) is 4.79 Å². The summed E-state index contributed by atoms with van der Waals surface area (Å²) in [6.45, 7) is 2.35. The molecule has 1 amide bonds. The maximum Gasteiger partial charge on any atom is 0.258 e. The highest BCUT2D eigenvalue weighted by Gasteiger charge is 2.11. The number of hydrogen-bond acceptors (Lipinski definition) is 5. The molecule has 1 rings (SSSR count). The fourth-order valence-electron chi connectivity index (χ4n) is 1.45. The Bertz CT molecular complexity index is 571. The Morgan fingerprint density at radius 2 is 2.10 bits per heavy atom. The fourth-order valence-corrected chi connectivity index (χ4v) is 2.05. The molecule has 0 heterocycles. The third-order valence-electron chi connectivity index (χ3n) is 2.46. The molecule has 3 N–H and O–H groups in total. The van der Waals surface area contributed by atoms with Crippen molar-refractivity contribution >= 4 is 15.9 Å². The first-order chi connectivity index (χ1) is 9.34. The van der Waals surface area contributed by atoms with E-state index >= 15 is 0 Å². The zero-order chi connectivity index (χ0) is 15.2. The first-order valence-electron chi connectivity index (χ1n) is 5.86. The van der Waals surface area contributed by atoms with Crippen molar-refractivity contribution in [2.24, 2.45) is 5.14 Å². The van der Waals surface area contributed by atoms with Crippen LogP contribution < -0.4 is 15.2 Å². The first kappa shape index (κ1) is 16.4. The molecule has 0 saturated heterocycles. The predicted octanol–water partition coefficient (Wildman–Crippen LogP) is -0.216. The van der Waals surface area contributed by atoms with E-state index in [9.17, 15) is 13.2 Å². The summed E-state index contributed by atoms with van der Waals surface area (Å²) in [5.41, 5.74) is 0.584. The van der Waals surface area contributed by atoms with Crippen molar-refractivity contribution in [1.82, 2.24) is 5.32 Å². The number of carbonyl (C=O) groups is 1. The van der Waals surface area contributed by atoms with E-state index in [0.717, 1.165) is 0 Å². The van der Waals surface area contributed by atoms with Crippen LogP contribution in [0.25, 0.3) is 0 Å². The van der Waals surface area contributed by atoms with Crippen LogP contribution in [0.3, 0.4) is 0 Å². The second kappa shape index (κ2) is 7.22. The number of rotatable bonds is 7. The van der Waals surface area contributed by atoms with Gasteiger partial charge in [0.1, 0.15) is 5.75 Å². The van der Waals surface area contributed by atoms with E-state index in [4.69, 9.17) is 14.6 Å². The Balaban J connectivity index is 2.59. The minimum atomic E-state index is -3.74. The normalized spacial score (nSPS) is 11.2. The summed E-state index contributed by atoms with van der Waals surface area (Å²) in [7, 11) is -2.20. The third kappa shape index (κ3) is 5.16. The summed E-state index contributed by atoms with van der Waals surface area (Å²) in [5.74, 6) is 0.149. The van der Waals surface area contributed by atoms with Crippen molar-refractivity contribution in [3.63, 3.8) is 0 Å². The lowest BCUT2D eigenvalue weighted by Gasteiger charge is -2.10. The summed E-state index contributed by atoms with van der Waals surface area (Å²) < 4.78 is 32.4. The van der Waals surface area contributed by atoms with Crippen LogP contribution in [-0.2, 0) is 19.6 Å². The molecule has 0 unspecified atom stereocenters. The molecule has 0 saturated carbocycles. The first-order valence-corrected chi connectivity index (χ1v) is 7.41. The number of hydrogen-bond donors (Lipinski definition) is 2. The molecular weight excluding hydrogens is 284 g/mol. The number of aryl methyl sites for hydroxylation is 1. The van der Waals surface area contributed by atoms with Crippen molar-refractivity contribution in [1.29, 1.82) is 0 Å². The van der Waals surface area contributed by atoms with E-state index in [2.05, 4.69) is 5.32 Å². The average molecular weight is 302 g/mol. The smallest absolute Gasteiger partial charge is 0.258 e. The van der Waals surface area contributed by atoms with Crippen LogP contribution in [-0.4, -0.2) is 41.2 Å². The van der Waals surface area contributed by atoms with Crippen molar-refractivity contribution in [2.75, 3.05) is 26.9 Å². The van der Waals surface area contributed by atoms with Crippen molar-refractivity contribution in [2.45, 2.75) is 11.8 Å². The molecule has 8 heteroatoms. The van der Waals surface area contributed by atoms with E-state index in [1.54, 1.807) is 14.0 Å². The predicted molar refractivity (Wildman–Crippen MR) is 72.9 cm³/mol. The molecule has 112 valence electrons. The molecule has 0 radical (unpaired) electrons. The van der Waals surface area contributed by atoms with Gasteiger partial charge in [-0.05, 0) is 30.7 Å². The molecule has 0 aliphatic heterocycles. The molecule has 0 aliphatic rings. The van der Waals surface area contributed by atoms with Crippen molar-refractivity contribution < 1.29 is 22.7 Å². The Hall–Kier alpha value is -1.64. The Labute approximate surface area is 118 Å². The summed E-state index contributed by atoms with van der Waals surface area (Å²) in [5, 5.41) is 7.63. The van der Waals surface area contributed by atoms with E-state index in [1.807, 2.05) is 0 Å². The standard InChI is InChI=1S/C12H18N2O5S/c1-9-7-10(20(13,16)17)3-4-11(9)19-8-12(15)14-5-6-18-2/h3-4,7H,5-6,8H2,1-2H3,(H,14,15)(H2,13,16,17). The largest absolute Gasteiger partial charge is 0.484 e. The summed E-state index contributed by atoms with van der Waals surface area (Å²) >= 11 is 0. The molecule has 0 bridgehead atoms. The van der Waals surface area contributed by atoms with Gasteiger partial charge >= 0.3 is 0 Å². The Morgan fingerprint density at radius 1 is 1.40 bits per heavy atom. The number of benzene rings is 1. The maximum absolute atomic E-state index is 11.4. The number of nitrogens with two attached hydrogens (primary N) is 1. The van der Waals surface area contributed by atoms with E-state index in [0.29, 0.717) is 24.5 Å². The molecule has 0 aromatic heterocycles. The maximum atomic E-state index is 11.4. The van der Waals surface area contributed by atoms with Gasteiger partial charge in [0.25, 0.3) is 5.91 Å². The van der Waals surface area contributed by atoms with Gasteiger partial charge in [0.05, 0.1) is 11.5 Å². The summed E-state index contributed by atoms with van der Waals surface area (Å²) in [6, 6.07) is 4.20. The number of primary sulfonamides is 1. The van der Waals surface area contributed by atoms with Crippen LogP contribution in [0.2, 0.25) is 0 Å². The van der Waals surface area contributed by atoms with Crippen LogP contribution in [0.1, 0.15) is 5.56 Å². The lowest BCUT2D eigenvalue weighted by atomic mass is 10.2. The van der Waals surface area contributed by atoms with Gasteiger partial charge in [0.2, 0.25) is 10.0 Å².